The lowest BCUT2D eigenvalue weighted by Crippen LogP contribution is -2.30. The number of aryl methyl sites for hydroxylation is 1. The number of nitrogens with zero attached hydrogens (tertiary/aromatic N) is 3. The van der Waals surface area contributed by atoms with E-state index in [1.807, 2.05) is 87.7 Å². The Hall–Kier alpha value is -4.17. The fourth-order valence-electron chi connectivity index (χ4n) is 5.39. The van der Waals surface area contributed by atoms with Crippen LogP contribution in [0.4, 0.5) is 0 Å². The van der Waals surface area contributed by atoms with Gasteiger partial charge in [-0.15, -0.1) is 0 Å². The van der Waals surface area contributed by atoms with Crippen LogP contribution in [-0.4, -0.2) is 16.2 Å². The monoisotopic (exact) mass is 591 g/mol. The molecule has 3 aromatic carbocycles. The Balaban J connectivity index is 0.00000127. The first-order chi connectivity index (χ1) is 21.6. The predicted octanol–water partition coefficient (Wildman–Crippen LogP) is 9.48. The zero-order chi connectivity index (χ0) is 31.9. The summed E-state index contributed by atoms with van der Waals surface area (Å²) in [6, 6.07) is 26.3. The van der Waals surface area contributed by atoms with Crippen LogP contribution in [0, 0.1) is 11.3 Å². The second kappa shape index (κ2) is 17.8. The highest BCUT2D eigenvalue weighted by Gasteiger charge is 2.28. The number of rotatable bonds is 11. The quantitative estimate of drug-likeness (QED) is 0.174. The summed E-state index contributed by atoms with van der Waals surface area (Å²) in [5.74, 6) is 2.04. The Morgan fingerprint density at radius 3 is 2.16 bits per heavy atom. The minimum Gasteiger partial charge on any atom is -0.494 e. The fourth-order valence-corrected chi connectivity index (χ4v) is 5.39. The van der Waals surface area contributed by atoms with Crippen LogP contribution < -0.4 is 10.3 Å². The Labute approximate surface area is 264 Å². The molecule has 5 nitrogen and oxygen atoms in total. The van der Waals surface area contributed by atoms with Crippen LogP contribution in [0.25, 0.3) is 11.1 Å². The van der Waals surface area contributed by atoms with E-state index in [9.17, 15) is 10.1 Å². The van der Waals surface area contributed by atoms with Crippen molar-refractivity contribution in [3.8, 4) is 22.9 Å². The van der Waals surface area contributed by atoms with Crippen molar-refractivity contribution in [2.45, 2.75) is 99.0 Å². The van der Waals surface area contributed by atoms with Crippen molar-refractivity contribution in [3.05, 3.63) is 117 Å². The van der Waals surface area contributed by atoms with Gasteiger partial charge in [0.2, 0.25) is 0 Å². The smallest absolute Gasteiger partial charge is 0.261 e. The average molecular weight is 592 g/mol. The normalized spacial score (nSPS) is 12.1. The molecular formula is C39H49N3O2. The Morgan fingerprint density at radius 2 is 1.57 bits per heavy atom. The first-order valence-corrected chi connectivity index (χ1v) is 16.5. The van der Waals surface area contributed by atoms with Crippen molar-refractivity contribution in [3.63, 3.8) is 0 Å². The van der Waals surface area contributed by atoms with Gasteiger partial charge in [0.05, 0.1) is 36.0 Å². The molecule has 1 aromatic heterocycles. The predicted molar refractivity (Wildman–Crippen MR) is 183 cm³/mol. The third kappa shape index (κ3) is 8.47. The minimum atomic E-state index is 0.0409. The van der Waals surface area contributed by atoms with Gasteiger partial charge in [-0.3, -0.25) is 9.36 Å². The maximum absolute atomic E-state index is 14.3. The van der Waals surface area contributed by atoms with Crippen molar-refractivity contribution in [2.24, 2.45) is 0 Å². The molecule has 1 fully saturated rings. The number of hydrogen-bond acceptors (Lipinski definition) is 4. The lowest BCUT2D eigenvalue weighted by molar-refractivity contribution is 0.340. The molecule has 1 aliphatic carbocycles. The van der Waals surface area contributed by atoms with E-state index in [2.05, 4.69) is 37.3 Å². The first kappa shape index (κ1) is 34.3. The van der Waals surface area contributed by atoms with Crippen LogP contribution in [-0.2, 0) is 19.4 Å². The van der Waals surface area contributed by atoms with E-state index in [0.29, 0.717) is 31.1 Å². The summed E-state index contributed by atoms with van der Waals surface area (Å²) < 4.78 is 7.54. The van der Waals surface area contributed by atoms with Gasteiger partial charge in [-0.1, -0.05) is 102 Å². The van der Waals surface area contributed by atoms with Gasteiger partial charge in [-0.05, 0) is 73.1 Å². The van der Waals surface area contributed by atoms with Crippen molar-refractivity contribution in [2.75, 3.05) is 6.61 Å². The Bertz CT molecular complexity index is 1540. The van der Waals surface area contributed by atoms with Crippen molar-refractivity contribution < 1.29 is 4.74 Å². The van der Waals surface area contributed by atoms with Crippen LogP contribution >= 0.6 is 0 Å². The van der Waals surface area contributed by atoms with Gasteiger partial charge < -0.3 is 4.74 Å². The number of ether oxygens (including phenoxy) is 1. The molecule has 5 rings (SSSR count). The summed E-state index contributed by atoms with van der Waals surface area (Å²) >= 11 is 0. The van der Waals surface area contributed by atoms with Crippen LogP contribution in [0.3, 0.4) is 0 Å². The molecule has 0 saturated heterocycles. The highest BCUT2D eigenvalue weighted by atomic mass is 16.5. The van der Waals surface area contributed by atoms with Gasteiger partial charge >= 0.3 is 0 Å². The maximum atomic E-state index is 14.3. The van der Waals surface area contributed by atoms with E-state index in [0.717, 1.165) is 77.2 Å². The molecule has 0 radical (unpaired) electrons. The topological polar surface area (TPSA) is 67.9 Å². The lowest BCUT2D eigenvalue weighted by Gasteiger charge is -2.28. The van der Waals surface area contributed by atoms with Gasteiger partial charge in [0.25, 0.3) is 5.56 Å². The fraction of sp³-hybridized carbons (Fsp3) is 0.410. The number of aromatic nitrogens is 2. The van der Waals surface area contributed by atoms with Gasteiger partial charge in [-0.25, -0.2) is 4.98 Å². The summed E-state index contributed by atoms with van der Waals surface area (Å²) in [5.41, 5.74) is 6.58. The highest BCUT2D eigenvalue weighted by Crippen LogP contribution is 2.39. The van der Waals surface area contributed by atoms with Gasteiger partial charge in [0.1, 0.15) is 11.6 Å². The highest BCUT2D eigenvalue weighted by molar-refractivity contribution is 5.67. The van der Waals surface area contributed by atoms with E-state index in [1.54, 1.807) is 0 Å². The molecule has 0 atom stereocenters. The van der Waals surface area contributed by atoms with Crippen LogP contribution in [0.1, 0.15) is 113 Å². The van der Waals surface area contributed by atoms with Gasteiger partial charge in [0.15, 0.2) is 0 Å². The van der Waals surface area contributed by atoms with E-state index >= 15 is 0 Å². The van der Waals surface area contributed by atoms with Crippen molar-refractivity contribution >= 4 is 0 Å². The molecule has 0 unspecified atom stereocenters. The van der Waals surface area contributed by atoms with Crippen LogP contribution in [0.5, 0.6) is 5.75 Å². The Kier molecular flexibility index (Phi) is 13.9. The SMILES string of the molecule is CC.CC.CCCCc1nc(C2CCC2)c(-c2ccc(OCC)cc2)c(=O)n1Cc1ccc(Cc2ccccc2C#N)cc1. The zero-order valence-corrected chi connectivity index (χ0v) is 27.5. The molecule has 0 bridgehead atoms. The second-order valence-corrected chi connectivity index (χ2v) is 10.6. The zero-order valence-electron chi connectivity index (χ0n) is 27.5. The van der Waals surface area contributed by atoms with Crippen molar-refractivity contribution in [1.82, 2.24) is 9.55 Å². The van der Waals surface area contributed by atoms with Gasteiger partial charge in [-0.2, -0.15) is 5.26 Å². The summed E-state index contributed by atoms with van der Waals surface area (Å²) in [7, 11) is 0. The Morgan fingerprint density at radius 1 is 0.909 bits per heavy atom. The molecule has 0 aliphatic heterocycles. The van der Waals surface area contributed by atoms with E-state index in [1.165, 1.54) is 6.42 Å². The molecule has 1 heterocycles. The molecule has 4 aromatic rings. The van der Waals surface area contributed by atoms with Gasteiger partial charge in [0, 0.05) is 12.3 Å². The van der Waals surface area contributed by atoms with Crippen molar-refractivity contribution in [1.29, 1.82) is 5.26 Å². The molecule has 1 saturated carbocycles. The molecular weight excluding hydrogens is 542 g/mol. The summed E-state index contributed by atoms with van der Waals surface area (Å²) in [6.45, 7) is 13.2. The molecule has 0 N–H and O–H groups in total. The van der Waals surface area contributed by atoms with Crippen LogP contribution in [0.15, 0.2) is 77.6 Å². The third-order valence-corrected chi connectivity index (χ3v) is 7.87. The lowest BCUT2D eigenvalue weighted by atomic mass is 9.80. The summed E-state index contributed by atoms with van der Waals surface area (Å²) in [6.07, 6.45) is 6.90. The number of unbranched alkanes of at least 4 members (excludes halogenated alkanes) is 1. The number of nitriles is 1. The third-order valence-electron chi connectivity index (χ3n) is 7.87. The number of benzene rings is 3. The largest absolute Gasteiger partial charge is 0.494 e. The second-order valence-electron chi connectivity index (χ2n) is 10.6. The molecule has 0 spiro atoms. The van der Waals surface area contributed by atoms with E-state index in [4.69, 9.17) is 9.72 Å². The molecule has 1 aliphatic rings. The average Bonchev–Trinajstić information content (AvgIpc) is 3.04. The molecule has 232 valence electrons. The van der Waals surface area contributed by atoms with Crippen LogP contribution in [0.2, 0.25) is 0 Å². The first-order valence-electron chi connectivity index (χ1n) is 16.5. The van der Waals surface area contributed by atoms with E-state index in [-0.39, 0.29) is 5.56 Å². The van der Waals surface area contributed by atoms with E-state index < -0.39 is 0 Å². The minimum absolute atomic E-state index is 0.0409. The molecule has 0 amide bonds. The summed E-state index contributed by atoms with van der Waals surface area (Å²) in [5, 5.41) is 9.44. The number of hydrogen-bond donors (Lipinski definition) is 0. The standard InChI is InChI=1S/C35H37N3O2.2C2H6/c1-3-5-13-32-37-34(28-11-8-12-28)33(27-18-20-31(21-19-27)40-4-2)35(39)38(32)24-26-16-14-25(15-17-26)22-29-9-6-7-10-30(29)23-36;2*1-2/h6-7,9-10,14-21,28H,3-5,8,11-13,22,24H2,1-2H3;2*1-2H3. The molecule has 44 heavy (non-hydrogen) atoms. The molecule has 5 heteroatoms. The summed E-state index contributed by atoms with van der Waals surface area (Å²) in [4.78, 5) is 19.5. The maximum Gasteiger partial charge on any atom is 0.261 e.